The van der Waals surface area contributed by atoms with Crippen LogP contribution in [0.1, 0.15) is 22.4 Å². The predicted molar refractivity (Wildman–Crippen MR) is 115 cm³/mol. The molecule has 0 saturated carbocycles. The third-order valence-electron chi connectivity index (χ3n) is 4.52. The molecule has 3 rings (SSSR count). The minimum Gasteiger partial charge on any atom is -0.361 e. The lowest BCUT2D eigenvalue weighted by Gasteiger charge is -2.28. The fraction of sp³-hybridized carbons (Fsp3) is 0.190. The van der Waals surface area contributed by atoms with Crippen molar-refractivity contribution in [2.45, 2.75) is 25.4 Å². The van der Waals surface area contributed by atoms with Crippen LogP contribution in [0.2, 0.25) is 10.0 Å². The highest BCUT2D eigenvalue weighted by Gasteiger charge is 2.41. The Labute approximate surface area is 197 Å². The second-order valence-corrected chi connectivity index (χ2v) is 8.34. The minimum atomic E-state index is -5.02. The molecule has 0 unspecified atom stereocenters. The number of hydrogen-bond acceptors (Lipinski definition) is 2. The largest absolute Gasteiger partial charge is 0.417 e. The van der Waals surface area contributed by atoms with Crippen molar-refractivity contribution in [2.24, 2.45) is 0 Å². The molecular formula is C21H13BrCl2F6N2. The number of hydrogen-bond donors (Lipinski definition) is 0. The molecule has 170 valence electrons. The van der Waals surface area contributed by atoms with Crippen molar-refractivity contribution < 1.29 is 26.3 Å². The lowest BCUT2D eigenvalue weighted by molar-refractivity contribution is -0.144. The first-order chi connectivity index (χ1) is 14.9. The van der Waals surface area contributed by atoms with Crippen LogP contribution in [-0.4, -0.2) is 4.98 Å². The zero-order valence-corrected chi connectivity index (χ0v) is 19.0. The summed E-state index contributed by atoms with van der Waals surface area (Å²) >= 11 is 14.9. The summed E-state index contributed by atoms with van der Waals surface area (Å²) in [5.41, 5.74) is -2.41. The standard InChI is InChI=1S/C21H13BrCl2F6N2/c22-19-15(20(25,26)27)8-13(9-16(19)21(28,29)30)32(10-12-4-1-2-7-31-12)11-14-17(23)5-3-6-18(14)24/h1-9H,10-11H2. The van der Waals surface area contributed by atoms with Crippen LogP contribution in [-0.2, 0) is 25.4 Å². The summed E-state index contributed by atoms with van der Waals surface area (Å²) in [6.45, 7) is -0.232. The van der Waals surface area contributed by atoms with Gasteiger partial charge in [0.05, 0.1) is 23.4 Å². The van der Waals surface area contributed by atoms with Crippen molar-refractivity contribution in [3.05, 3.63) is 91.6 Å². The molecule has 0 aliphatic heterocycles. The van der Waals surface area contributed by atoms with E-state index in [2.05, 4.69) is 20.9 Å². The molecule has 0 aliphatic rings. The third-order valence-corrected chi connectivity index (χ3v) is 6.09. The lowest BCUT2D eigenvalue weighted by Crippen LogP contribution is -2.25. The molecule has 0 bridgehead atoms. The zero-order chi connectivity index (χ0) is 23.7. The summed E-state index contributed by atoms with van der Waals surface area (Å²) in [6, 6.07) is 10.9. The zero-order valence-electron chi connectivity index (χ0n) is 15.9. The van der Waals surface area contributed by atoms with Crippen LogP contribution >= 0.6 is 39.1 Å². The predicted octanol–water partition coefficient (Wildman–Crippen LogP) is 8.40. The Hall–Kier alpha value is -1.97. The quantitative estimate of drug-likeness (QED) is 0.293. The molecule has 0 atom stereocenters. The average molecular weight is 558 g/mol. The van der Waals surface area contributed by atoms with Crippen molar-refractivity contribution in [1.29, 1.82) is 0 Å². The SMILES string of the molecule is FC(F)(F)c1cc(N(Cc2ccccn2)Cc2c(Cl)cccc2Cl)cc(C(F)(F)F)c1Br. The van der Waals surface area contributed by atoms with Gasteiger partial charge in [-0.15, -0.1) is 0 Å². The number of nitrogens with zero attached hydrogens (tertiary/aromatic N) is 2. The molecular weight excluding hydrogens is 545 g/mol. The normalized spacial score (nSPS) is 12.2. The van der Waals surface area contributed by atoms with E-state index >= 15 is 0 Å². The third kappa shape index (κ3) is 5.68. The molecule has 0 N–H and O–H groups in total. The first-order valence-electron chi connectivity index (χ1n) is 8.93. The van der Waals surface area contributed by atoms with Crippen molar-refractivity contribution in [3.8, 4) is 0 Å². The van der Waals surface area contributed by atoms with Crippen LogP contribution in [0.3, 0.4) is 0 Å². The maximum Gasteiger partial charge on any atom is 0.417 e. The monoisotopic (exact) mass is 556 g/mol. The number of halogens is 9. The van der Waals surface area contributed by atoms with Gasteiger partial charge in [0.1, 0.15) is 0 Å². The number of rotatable bonds is 5. The lowest BCUT2D eigenvalue weighted by atomic mass is 10.1. The van der Waals surface area contributed by atoms with Gasteiger partial charge < -0.3 is 4.90 Å². The van der Waals surface area contributed by atoms with Crippen LogP contribution < -0.4 is 4.90 Å². The molecule has 11 heteroatoms. The highest BCUT2D eigenvalue weighted by Crippen LogP contribution is 2.45. The maximum absolute atomic E-state index is 13.6. The molecule has 3 aromatic rings. The van der Waals surface area contributed by atoms with E-state index in [0.29, 0.717) is 23.4 Å². The van der Waals surface area contributed by atoms with Gasteiger partial charge in [-0.25, -0.2) is 0 Å². The van der Waals surface area contributed by atoms with E-state index in [9.17, 15) is 26.3 Å². The van der Waals surface area contributed by atoms with Crippen LogP contribution in [0.4, 0.5) is 32.0 Å². The molecule has 2 nitrogen and oxygen atoms in total. The Bertz CT molecular complexity index is 1050. The van der Waals surface area contributed by atoms with Gasteiger partial charge in [0.25, 0.3) is 0 Å². The summed E-state index contributed by atoms with van der Waals surface area (Å²) < 4.78 is 80.4. The molecule has 2 aromatic carbocycles. The molecule has 32 heavy (non-hydrogen) atoms. The van der Waals surface area contributed by atoms with Gasteiger partial charge in [0.2, 0.25) is 0 Å². The van der Waals surface area contributed by atoms with Gasteiger partial charge in [-0.05, 0) is 52.3 Å². The first kappa shape index (κ1) is 24.7. The molecule has 0 radical (unpaired) electrons. The fourth-order valence-corrected chi connectivity index (χ4v) is 4.20. The number of alkyl halides is 6. The van der Waals surface area contributed by atoms with E-state index in [1.54, 1.807) is 24.3 Å². The van der Waals surface area contributed by atoms with Gasteiger partial charge in [-0.3, -0.25) is 4.98 Å². The molecule has 0 saturated heterocycles. The Balaban J connectivity index is 2.19. The number of anilines is 1. The van der Waals surface area contributed by atoms with Crippen LogP contribution in [0.25, 0.3) is 0 Å². The summed E-state index contributed by atoms with van der Waals surface area (Å²) in [6.07, 6.45) is -8.57. The van der Waals surface area contributed by atoms with Crippen molar-refractivity contribution in [2.75, 3.05) is 4.90 Å². The summed E-state index contributed by atoms with van der Waals surface area (Å²) in [5, 5.41) is 0.459. The Morgan fingerprint density at radius 2 is 1.38 bits per heavy atom. The number of benzene rings is 2. The first-order valence-corrected chi connectivity index (χ1v) is 10.5. The highest BCUT2D eigenvalue weighted by atomic mass is 79.9. The topological polar surface area (TPSA) is 16.1 Å². The second kappa shape index (κ2) is 9.49. The Morgan fingerprint density at radius 1 is 0.812 bits per heavy atom. The van der Waals surface area contributed by atoms with Crippen LogP contribution in [0, 0.1) is 0 Å². The number of aromatic nitrogens is 1. The van der Waals surface area contributed by atoms with Crippen LogP contribution in [0.5, 0.6) is 0 Å². The van der Waals surface area contributed by atoms with E-state index in [-0.39, 0.29) is 28.8 Å². The van der Waals surface area contributed by atoms with Crippen molar-refractivity contribution in [1.82, 2.24) is 4.98 Å². The van der Waals surface area contributed by atoms with E-state index in [4.69, 9.17) is 23.2 Å². The van der Waals surface area contributed by atoms with E-state index in [0.717, 1.165) is 0 Å². The van der Waals surface area contributed by atoms with Crippen molar-refractivity contribution >= 4 is 44.8 Å². The Kier molecular flexibility index (Phi) is 7.31. The van der Waals surface area contributed by atoms with Gasteiger partial charge in [-0.2, -0.15) is 26.3 Å². The van der Waals surface area contributed by atoms with Crippen LogP contribution in [0.15, 0.2) is 59.2 Å². The van der Waals surface area contributed by atoms with Gasteiger partial charge in [0.15, 0.2) is 0 Å². The molecule has 0 aliphatic carbocycles. The van der Waals surface area contributed by atoms with E-state index in [1.807, 2.05) is 0 Å². The molecule has 1 heterocycles. The molecule has 1 aromatic heterocycles. The van der Waals surface area contributed by atoms with E-state index in [1.165, 1.54) is 23.2 Å². The Morgan fingerprint density at radius 3 is 1.84 bits per heavy atom. The smallest absolute Gasteiger partial charge is 0.361 e. The van der Waals surface area contributed by atoms with Gasteiger partial charge >= 0.3 is 12.4 Å². The van der Waals surface area contributed by atoms with Crippen molar-refractivity contribution in [3.63, 3.8) is 0 Å². The van der Waals surface area contributed by atoms with Gasteiger partial charge in [-0.1, -0.05) is 35.3 Å². The molecule has 0 fully saturated rings. The maximum atomic E-state index is 13.6. The molecule has 0 spiro atoms. The van der Waals surface area contributed by atoms with Gasteiger partial charge in [0, 0.05) is 38.5 Å². The number of pyridine rings is 1. The fourth-order valence-electron chi connectivity index (χ4n) is 3.00. The minimum absolute atomic E-state index is 0.0847. The second-order valence-electron chi connectivity index (χ2n) is 6.73. The summed E-state index contributed by atoms with van der Waals surface area (Å²) in [7, 11) is 0. The summed E-state index contributed by atoms with van der Waals surface area (Å²) in [4.78, 5) is 5.44. The summed E-state index contributed by atoms with van der Waals surface area (Å²) in [5.74, 6) is 0. The van der Waals surface area contributed by atoms with E-state index < -0.39 is 28.0 Å². The average Bonchev–Trinajstić information content (AvgIpc) is 2.69. The highest BCUT2D eigenvalue weighted by molar-refractivity contribution is 9.10. The molecule has 0 amide bonds.